The van der Waals surface area contributed by atoms with Crippen LogP contribution in [0.2, 0.25) is 0 Å². The second kappa shape index (κ2) is 29.4. The number of hydrogen-bond donors (Lipinski definition) is 1. The Bertz CT molecular complexity index is 474. The zero-order valence-corrected chi connectivity index (χ0v) is 26.5. The van der Waals surface area contributed by atoms with Crippen LogP contribution in [0.3, 0.4) is 0 Å². The second-order valence-corrected chi connectivity index (χ2v) is 12.4. The summed E-state index contributed by atoms with van der Waals surface area (Å²) in [6, 6.07) is 0. The third-order valence-corrected chi connectivity index (χ3v) is 8.19. The van der Waals surface area contributed by atoms with Crippen LogP contribution in [0.15, 0.2) is 0 Å². The van der Waals surface area contributed by atoms with Crippen LogP contribution in [0.5, 0.6) is 0 Å². The minimum Gasteiger partial charge on any atom is -0.464 e. The van der Waals surface area contributed by atoms with Gasteiger partial charge in [0.2, 0.25) is 0 Å². The van der Waals surface area contributed by atoms with Gasteiger partial charge in [-0.05, 0) is 26.2 Å². The summed E-state index contributed by atoms with van der Waals surface area (Å²) in [5, 5.41) is 10.5. The fourth-order valence-corrected chi connectivity index (χ4v) is 5.38. The van der Waals surface area contributed by atoms with E-state index in [4.69, 9.17) is 4.74 Å². The first-order valence-electron chi connectivity index (χ1n) is 17.4. The fourth-order valence-electron chi connectivity index (χ4n) is 5.38. The summed E-state index contributed by atoms with van der Waals surface area (Å²) < 4.78 is 5.39. The van der Waals surface area contributed by atoms with Gasteiger partial charge in [-0.25, -0.2) is 4.79 Å². The molecule has 0 saturated carbocycles. The molecule has 38 heavy (non-hydrogen) atoms. The second-order valence-electron chi connectivity index (χ2n) is 12.4. The average molecular weight is 539 g/mol. The topological polar surface area (TPSA) is 46.5 Å². The van der Waals surface area contributed by atoms with Crippen LogP contribution in [0.4, 0.5) is 0 Å². The Morgan fingerprint density at radius 2 is 0.737 bits per heavy atom. The van der Waals surface area contributed by atoms with Crippen molar-refractivity contribution < 1.29 is 14.6 Å². The van der Waals surface area contributed by atoms with Crippen molar-refractivity contribution in [2.45, 2.75) is 213 Å². The number of carbonyl (C=O) groups is 1. The molecule has 0 rings (SSSR count). The molecule has 0 saturated heterocycles. The highest BCUT2D eigenvalue weighted by atomic mass is 16.5. The molecule has 0 aromatic carbocycles. The van der Waals surface area contributed by atoms with Gasteiger partial charge in [0.25, 0.3) is 0 Å². The summed E-state index contributed by atoms with van der Waals surface area (Å²) in [6.07, 6.45) is 37.3. The van der Waals surface area contributed by atoms with E-state index in [9.17, 15) is 9.90 Å². The van der Waals surface area contributed by atoms with E-state index in [2.05, 4.69) is 13.8 Å². The predicted octanol–water partition coefficient (Wildman–Crippen LogP) is 11.6. The first kappa shape index (κ1) is 37.4. The van der Waals surface area contributed by atoms with Crippen molar-refractivity contribution in [1.82, 2.24) is 0 Å². The Labute approximate surface area is 239 Å². The average Bonchev–Trinajstić information content (AvgIpc) is 2.90. The Morgan fingerprint density at radius 1 is 0.474 bits per heavy atom. The Kier molecular flexibility index (Phi) is 29.0. The van der Waals surface area contributed by atoms with Gasteiger partial charge in [-0.15, -0.1) is 0 Å². The van der Waals surface area contributed by atoms with E-state index in [0.717, 1.165) is 25.7 Å². The summed E-state index contributed by atoms with van der Waals surface area (Å²) in [5.41, 5.74) is -1.33. The summed E-state index contributed by atoms with van der Waals surface area (Å²) in [6.45, 7) is 6.63. The van der Waals surface area contributed by atoms with Gasteiger partial charge in [0.05, 0.1) is 6.61 Å². The van der Waals surface area contributed by atoms with E-state index in [-0.39, 0.29) is 0 Å². The van der Waals surface area contributed by atoms with Crippen molar-refractivity contribution in [3.8, 4) is 0 Å². The molecule has 0 aromatic rings. The number of rotatable bonds is 31. The monoisotopic (exact) mass is 539 g/mol. The number of esters is 1. The van der Waals surface area contributed by atoms with Crippen LogP contribution in [-0.4, -0.2) is 23.3 Å². The van der Waals surface area contributed by atoms with E-state index in [1.807, 2.05) is 0 Å². The van der Waals surface area contributed by atoms with Crippen molar-refractivity contribution in [3.63, 3.8) is 0 Å². The highest BCUT2D eigenvalue weighted by molar-refractivity contribution is 5.78. The van der Waals surface area contributed by atoms with E-state index < -0.39 is 11.6 Å². The Hall–Kier alpha value is -0.570. The molecule has 1 atom stereocenters. The lowest BCUT2D eigenvalue weighted by atomic mass is 9.97. The van der Waals surface area contributed by atoms with Crippen molar-refractivity contribution in [3.05, 3.63) is 0 Å². The Morgan fingerprint density at radius 3 is 1.05 bits per heavy atom. The molecule has 228 valence electrons. The molecule has 1 unspecified atom stereocenters. The van der Waals surface area contributed by atoms with E-state index in [0.29, 0.717) is 13.0 Å². The van der Waals surface area contributed by atoms with Crippen molar-refractivity contribution >= 4 is 5.97 Å². The smallest absolute Gasteiger partial charge is 0.337 e. The van der Waals surface area contributed by atoms with Crippen LogP contribution in [0.25, 0.3) is 0 Å². The summed E-state index contributed by atoms with van der Waals surface area (Å²) in [5.74, 6) is -0.429. The quantitative estimate of drug-likeness (QED) is 0.0705. The molecule has 0 heterocycles. The van der Waals surface area contributed by atoms with Crippen molar-refractivity contribution in [2.75, 3.05) is 6.61 Å². The largest absolute Gasteiger partial charge is 0.464 e. The molecule has 0 amide bonds. The fraction of sp³-hybridized carbons (Fsp3) is 0.971. The summed E-state index contributed by atoms with van der Waals surface area (Å²) in [7, 11) is 0. The van der Waals surface area contributed by atoms with Gasteiger partial charge in [0.15, 0.2) is 5.60 Å². The third kappa shape index (κ3) is 27.0. The molecule has 0 spiro atoms. The zero-order chi connectivity index (χ0) is 28.0. The molecule has 3 nitrogen and oxygen atoms in total. The standard InChI is InChI=1S/C35H70O3/c1-4-6-8-10-12-14-16-18-20-22-24-26-28-30-32-35(3,37)34(36)38-33-31-29-27-25-23-21-19-17-15-13-11-9-7-5-2/h37H,4-33H2,1-3H3. The lowest BCUT2D eigenvalue weighted by molar-refractivity contribution is -0.164. The van der Waals surface area contributed by atoms with Crippen molar-refractivity contribution in [1.29, 1.82) is 0 Å². The maximum absolute atomic E-state index is 12.3. The number of aliphatic hydroxyl groups is 1. The molecular formula is C35H70O3. The van der Waals surface area contributed by atoms with Crippen LogP contribution >= 0.6 is 0 Å². The molecule has 0 aliphatic heterocycles. The number of ether oxygens (including phenoxy) is 1. The summed E-state index contributed by atoms with van der Waals surface area (Å²) >= 11 is 0. The zero-order valence-electron chi connectivity index (χ0n) is 26.5. The van der Waals surface area contributed by atoms with Crippen molar-refractivity contribution in [2.24, 2.45) is 0 Å². The number of hydrogen-bond acceptors (Lipinski definition) is 3. The highest BCUT2D eigenvalue weighted by Gasteiger charge is 2.31. The molecule has 0 bridgehead atoms. The lowest BCUT2D eigenvalue weighted by Gasteiger charge is -2.21. The van der Waals surface area contributed by atoms with Gasteiger partial charge in [0.1, 0.15) is 0 Å². The molecule has 0 aromatic heterocycles. The first-order valence-corrected chi connectivity index (χ1v) is 17.4. The molecule has 0 fully saturated rings. The number of unbranched alkanes of at least 4 members (excludes halogenated alkanes) is 26. The maximum atomic E-state index is 12.3. The van der Waals surface area contributed by atoms with Crippen LogP contribution in [-0.2, 0) is 9.53 Å². The minimum atomic E-state index is -1.33. The first-order chi connectivity index (χ1) is 18.5. The van der Waals surface area contributed by atoms with Gasteiger partial charge < -0.3 is 9.84 Å². The van der Waals surface area contributed by atoms with Gasteiger partial charge in [-0.1, -0.05) is 181 Å². The molecule has 0 radical (unpaired) electrons. The van der Waals surface area contributed by atoms with Gasteiger partial charge in [-0.2, -0.15) is 0 Å². The highest BCUT2D eigenvalue weighted by Crippen LogP contribution is 2.19. The molecule has 3 heteroatoms. The molecule has 1 N–H and O–H groups in total. The van der Waals surface area contributed by atoms with Crippen LogP contribution in [0.1, 0.15) is 207 Å². The molecule has 0 aliphatic rings. The minimum absolute atomic E-state index is 0.429. The lowest BCUT2D eigenvalue weighted by Crippen LogP contribution is -2.37. The van der Waals surface area contributed by atoms with E-state index >= 15 is 0 Å². The van der Waals surface area contributed by atoms with Gasteiger partial charge in [0, 0.05) is 0 Å². The molecular weight excluding hydrogens is 468 g/mol. The Balaban J connectivity index is 3.42. The van der Waals surface area contributed by atoms with Gasteiger partial charge in [-0.3, -0.25) is 0 Å². The van der Waals surface area contributed by atoms with Gasteiger partial charge >= 0.3 is 5.97 Å². The maximum Gasteiger partial charge on any atom is 0.337 e. The normalized spacial score (nSPS) is 13.1. The molecule has 0 aliphatic carbocycles. The SMILES string of the molecule is CCCCCCCCCCCCCCCCOC(=O)C(C)(O)CCCCCCCCCCCCCCCC. The number of carbonyl (C=O) groups excluding carboxylic acids is 1. The van der Waals surface area contributed by atoms with E-state index in [1.165, 1.54) is 154 Å². The summed E-state index contributed by atoms with van der Waals surface area (Å²) in [4.78, 5) is 12.3. The van der Waals surface area contributed by atoms with Crippen LogP contribution in [0, 0.1) is 0 Å². The predicted molar refractivity (Wildman–Crippen MR) is 167 cm³/mol. The third-order valence-electron chi connectivity index (χ3n) is 8.19. The van der Waals surface area contributed by atoms with Crippen LogP contribution < -0.4 is 0 Å². The van der Waals surface area contributed by atoms with E-state index in [1.54, 1.807) is 6.92 Å².